The maximum atomic E-state index is 11.0. The summed E-state index contributed by atoms with van der Waals surface area (Å²) in [6.07, 6.45) is -0.695. The molecule has 1 aromatic rings. The lowest BCUT2D eigenvalue weighted by Crippen LogP contribution is -2.21. The van der Waals surface area contributed by atoms with Crippen LogP contribution in [0.4, 0.5) is 5.69 Å². The highest BCUT2D eigenvalue weighted by Crippen LogP contribution is 2.30. The molecule has 0 heterocycles. The van der Waals surface area contributed by atoms with Crippen LogP contribution in [0.2, 0.25) is 0 Å². The van der Waals surface area contributed by atoms with Crippen molar-refractivity contribution in [2.24, 2.45) is 0 Å². The Labute approximate surface area is 101 Å². The third kappa shape index (κ3) is 3.03. The molecule has 0 N–H and O–H groups in total. The molecular weight excluding hydrogens is 278 g/mol. The Balaban J connectivity index is 3.04. The first-order chi connectivity index (χ1) is 7.41. The Kier molecular flexibility index (Phi) is 4.00. The van der Waals surface area contributed by atoms with E-state index in [2.05, 4.69) is 15.9 Å². The fourth-order valence-electron chi connectivity index (χ4n) is 1.01. The van der Waals surface area contributed by atoms with Crippen LogP contribution in [0.15, 0.2) is 22.7 Å². The summed E-state index contributed by atoms with van der Waals surface area (Å²) in [5.41, 5.74) is -0.164. The molecule has 86 valence electrons. The molecule has 1 rings (SSSR count). The molecule has 0 saturated carbocycles. The molecule has 0 bridgehead atoms. The lowest BCUT2D eigenvalue weighted by atomic mass is 10.2. The molecule has 0 spiro atoms. The van der Waals surface area contributed by atoms with Gasteiger partial charge in [-0.1, -0.05) is 15.9 Å². The van der Waals surface area contributed by atoms with E-state index in [-0.39, 0.29) is 17.2 Å². The number of hydrogen-bond donors (Lipinski definition) is 0. The normalized spacial score (nSPS) is 11.9. The molecular formula is C10H10BrNO4. The third-order valence-corrected chi connectivity index (χ3v) is 2.49. The van der Waals surface area contributed by atoms with Gasteiger partial charge in [0, 0.05) is 10.5 Å². The largest absolute Gasteiger partial charge is 0.476 e. The molecule has 0 aliphatic carbocycles. The Morgan fingerprint density at radius 3 is 2.69 bits per heavy atom. The maximum absolute atomic E-state index is 11.0. The van der Waals surface area contributed by atoms with Gasteiger partial charge in [-0.15, -0.1) is 0 Å². The zero-order valence-electron chi connectivity index (χ0n) is 8.77. The summed E-state index contributed by atoms with van der Waals surface area (Å²) in [5.74, 6) is -0.0897. The fourth-order valence-corrected chi connectivity index (χ4v) is 1.36. The van der Waals surface area contributed by atoms with Gasteiger partial charge < -0.3 is 4.74 Å². The summed E-state index contributed by atoms with van der Waals surface area (Å²) in [6.45, 7) is 2.92. The van der Waals surface area contributed by atoms with E-state index in [1.807, 2.05) is 0 Å². The summed E-state index contributed by atoms with van der Waals surface area (Å²) in [7, 11) is 0. The van der Waals surface area contributed by atoms with Crippen molar-refractivity contribution in [1.82, 2.24) is 0 Å². The first-order valence-electron chi connectivity index (χ1n) is 4.53. The van der Waals surface area contributed by atoms with Crippen molar-refractivity contribution in [3.8, 4) is 5.75 Å². The van der Waals surface area contributed by atoms with Crippen molar-refractivity contribution in [3.05, 3.63) is 32.8 Å². The smallest absolute Gasteiger partial charge is 0.312 e. The minimum Gasteiger partial charge on any atom is -0.476 e. The number of Topliss-reactive ketones (excluding diaryl/α,β-unsaturated/α-hetero) is 1. The van der Waals surface area contributed by atoms with Gasteiger partial charge in [0.25, 0.3) is 0 Å². The van der Waals surface area contributed by atoms with Gasteiger partial charge in [-0.25, -0.2) is 0 Å². The Hall–Kier alpha value is -1.43. The number of carbonyl (C=O) groups is 1. The van der Waals surface area contributed by atoms with E-state index in [9.17, 15) is 14.9 Å². The van der Waals surface area contributed by atoms with Crippen LogP contribution in [0.5, 0.6) is 5.75 Å². The highest BCUT2D eigenvalue weighted by molar-refractivity contribution is 9.10. The number of nitrogens with zero attached hydrogens (tertiary/aromatic N) is 1. The number of carbonyl (C=O) groups excluding carboxylic acids is 1. The quantitative estimate of drug-likeness (QED) is 0.631. The van der Waals surface area contributed by atoms with Crippen LogP contribution in [0.3, 0.4) is 0 Å². The monoisotopic (exact) mass is 287 g/mol. The lowest BCUT2D eigenvalue weighted by molar-refractivity contribution is -0.386. The third-order valence-electron chi connectivity index (χ3n) is 1.99. The molecule has 1 aromatic carbocycles. The standard InChI is InChI=1S/C10H10BrNO4/c1-6(13)7(2)16-10-4-3-8(11)5-9(10)12(14)15/h3-5,7H,1-2H3. The Morgan fingerprint density at radius 1 is 1.56 bits per heavy atom. The van der Waals surface area contributed by atoms with Crippen LogP contribution in [-0.4, -0.2) is 16.8 Å². The van der Waals surface area contributed by atoms with Crippen LogP contribution in [0.1, 0.15) is 13.8 Å². The predicted molar refractivity (Wildman–Crippen MR) is 61.6 cm³/mol. The molecule has 0 radical (unpaired) electrons. The van der Waals surface area contributed by atoms with E-state index in [4.69, 9.17) is 4.74 Å². The fraction of sp³-hybridized carbons (Fsp3) is 0.300. The van der Waals surface area contributed by atoms with Crippen molar-refractivity contribution < 1.29 is 14.5 Å². The number of halogens is 1. The van der Waals surface area contributed by atoms with Crippen molar-refractivity contribution in [1.29, 1.82) is 0 Å². The predicted octanol–water partition coefficient (Wildman–Crippen LogP) is 2.71. The van der Waals surface area contributed by atoms with Crippen LogP contribution >= 0.6 is 15.9 Å². The van der Waals surface area contributed by atoms with Crippen molar-refractivity contribution in [2.75, 3.05) is 0 Å². The SMILES string of the molecule is CC(=O)C(C)Oc1ccc(Br)cc1[N+](=O)[O-]. The summed E-state index contributed by atoms with van der Waals surface area (Å²) in [5, 5.41) is 10.7. The second-order valence-corrected chi connectivity index (χ2v) is 4.16. The molecule has 5 nitrogen and oxygen atoms in total. The molecule has 0 fully saturated rings. The molecule has 6 heteroatoms. The van der Waals surface area contributed by atoms with Gasteiger partial charge in [0.1, 0.15) is 0 Å². The number of rotatable bonds is 4. The molecule has 16 heavy (non-hydrogen) atoms. The van der Waals surface area contributed by atoms with Gasteiger partial charge in [0.15, 0.2) is 17.6 Å². The van der Waals surface area contributed by atoms with E-state index in [1.54, 1.807) is 13.0 Å². The second kappa shape index (κ2) is 5.07. The molecule has 1 atom stereocenters. The molecule has 0 amide bonds. The molecule has 0 aliphatic heterocycles. The van der Waals surface area contributed by atoms with Gasteiger partial charge in [0.05, 0.1) is 4.92 Å². The molecule has 0 saturated heterocycles. The zero-order valence-corrected chi connectivity index (χ0v) is 10.4. The minimum atomic E-state index is -0.695. The average molecular weight is 288 g/mol. The number of benzene rings is 1. The van der Waals surface area contributed by atoms with Crippen molar-refractivity contribution in [2.45, 2.75) is 20.0 Å². The highest BCUT2D eigenvalue weighted by Gasteiger charge is 2.19. The van der Waals surface area contributed by atoms with Crippen molar-refractivity contribution in [3.63, 3.8) is 0 Å². The summed E-state index contributed by atoms with van der Waals surface area (Å²) >= 11 is 3.13. The molecule has 0 aliphatic rings. The first-order valence-corrected chi connectivity index (χ1v) is 5.32. The van der Waals surface area contributed by atoms with E-state index in [0.29, 0.717) is 4.47 Å². The van der Waals surface area contributed by atoms with Crippen LogP contribution < -0.4 is 4.74 Å². The topological polar surface area (TPSA) is 69.4 Å². The minimum absolute atomic E-state index is 0.0934. The summed E-state index contributed by atoms with van der Waals surface area (Å²) in [4.78, 5) is 21.2. The number of hydrogen-bond acceptors (Lipinski definition) is 4. The molecule has 1 unspecified atom stereocenters. The second-order valence-electron chi connectivity index (χ2n) is 3.24. The van der Waals surface area contributed by atoms with Gasteiger partial charge in [0.2, 0.25) is 0 Å². The zero-order chi connectivity index (χ0) is 12.3. The van der Waals surface area contributed by atoms with Crippen molar-refractivity contribution >= 4 is 27.4 Å². The Morgan fingerprint density at radius 2 is 2.19 bits per heavy atom. The lowest BCUT2D eigenvalue weighted by Gasteiger charge is -2.11. The number of nitro benzene ring substituents is 1. The van der Waals surface area contributed by atoms with Gasteiger partial charge in [-0.3, -0.25) is 14.9 Å². The summed E-state index contributed by atoms with van der Waals surface area (Å²) < 4.78 is 5.80. The first kappa shape index (κ1) is 12.6. The van der Waals surface area contributed by atoms with E-state index in [1.165, 1.54) is 19.1 Å². The maximum Gasteiger partial charge on any atom is 0.312 e. The van der Waals surface area contributed by atoms with Crippen LogP contribution in [0, 0.1) is 10.1 Å². The average Bonchev–Trinajstić information content (AvgIpc) is 2.20. The van der Waals surface area contributed by atoms with Crippen LogP contribution in [0.25, 0.3) is 0 Å². The molecule has 0 aromatic heterocycles. The summed E-state index contributed by atoms with van der Waals surface area (Å²) in [6, 6.07) is 4.42. The van der Waals surface area contributed by atoms with Gasteiger partial charge in [-0.2, -0.15) is 0 Å². The van der Waals surface area contributed by atoms with E-state index < -0.39 is 11.0 Å². The highest BCUT2D eigenvalue weighted by atomic mass is 79.9. The van der Waals surface area contributed by atoms with E-state index >= 15 is 0 Å². The Bertz CT molecular complexity index is 433. The van der Waals surface area contributed by atoms with Gasteiger partial charge >= 0.3 is 5.69 Å². The van der Waals surface area contributed by atoms with Gasteiger partial charge in [-0.05, 0) is 26.0 Å². The van der Waals surface area contributed by atoms with E-state index in [0.717, 1.165) is 0 Å². The number of ketones is 1. The number of nitro groups is 1. The number of ether oxygens (including phenoxy) is 1. The van der Waals surface area contributed by atoms with Crippen LogP contribution in [-0.2, 0) is 4.79 Å².